The first kappa shape index (κ1) is 37.9. The van der Waals surface area contributed by atoms with E-state index in [1.807, 2.05) is 6.92 Å². The molecule has 1 aliphatic heterocycles. The van der Waals surface area contributed by atoms with Crippen LogP contribution >= 0.6 is 0 Å². The fourth-order valence-electron chi connectivity index (χ4n) is 6.83. The minimum Gasteiger partial charge on any atom is -0.459 e. The van der Waals surface area contributed by atoms with Crippen LogP contribution in [0.3, 0.4) is 0 Å². The summed E-state index contributed by atoms with van der Waals surface area (Å²) in [5.74, 6) is -6.06. The Balaban J connectivity index is 2.25. The van der Waals surface area contributed by atoms with Gasteiger partial charge in [0.1, 0.15) is 23.9 Å². The number of carbonyl (C=O) groups is 6. The van der Waals surface area contributed by atoms with Gasteiger partial charge in [-0.25, -0.2) is 9.59 Å². The summed E-state index contributed by atoms with van der Waals surface area (Å²) in [5.41, 5.74) is -6.55. The second kappa shape index (κ2) is 14.7. The molecule has 0 radical (unpaired) electrons. The van der Waals surface area contributed by atoms with Crippen molar-refractivity contribution in [1.29, 1.82) is 0 Å². The first-order valence-electron chi connectivity index (χ1n) is 16.2. The van der Waals surface area contributed by atoms with Gasteiger partial charge in [0.05, 0.1) is 5.92 Å². The van der Waals surface area contributed by atoms with Gasteiger partial charge in [-0.05, 0) is 58.6 Å². The predicted octanol–water partition coefficient (Wildman–Crippen LogP) is 3.11. The number of ether oxygens (including phenoxy) is 5. The molecule has 13 nitrogen and oxygen atoms in total. The molecular formula is C34H48O13. The molecule has 0 unspecified atom stereocenters. The Bertz CT molecular complexity index is 1340. The predicted molar refractivity (Wildman–Crippen MR) is 164 cm³/mol. The van der Waals surface area contributed by atoms with Gasteiger partial charge in [-0.2, -0.15) is 0 Å². The highest BCUT2D eigenvalue weighted by molar-refractivity contribution is 5.95. The topological polar surface area (TPSA) is 189 Å². The zero-order chi connectivity index (χ0) is 35.5. The number of hydrogen-bond donors (Lipinski definition) is 2. The second-order valence-electron chi connectivity index (χ2n) is 13.1. The summed E-state index contributed by atoms with van der Waals surface area (Å²) in [6, 6.07) is 0. The third-order valence-electron chi connectivity index (χ3n) is 9.43. The zero-order valence-corrected chi connectivity index (χ0v) is 28.5. The summed E-state index contributed by atoms with van der Waals surface area (Å²) in [4.78, 5) is 77.7. The number of rotatable bonds is 13. The maximum Gasteiger partial charge on any atom is 0.341 e. The van der Waals surface area contributed by atoms with Crippen LogP contribution in [0.5, 0.6) is 0 Å². The lowest BCUT2D eigenvalue weighted by molar-refractivity contribution is -0.212. The molecule has 0 aromatic rings. The highest BCUT2D eigenvalue weighted by Gasteiger charge is 2.76. The van der Waals surface area contributed by atoms with Crippen molar-refractivity contribution in [2.45, 2.75) is 148 Å². The number of hydrogen-bond acceptors (Lipinski definition) is 13. The number of allylic oxidation sites excluding steroid dienone is 1. The van der Waals surface area contributed by atoms with Gasteiger partial charge in [-0.3, -0.25) is 19.2 Å². The molecular weight excluding hydrogens is 616 g/mol. The molecule has 2 aliphatic carbocycles. The molecule has 47 heavy (non-hydrogen) atoms. The Morgan fingerprint density at radius 3 is 2.19 bits per heavy atom. The van der Waals surface area contributed by atoms with Crippen LogP contribution in [0.4, 0.5) is 0 Å². The van der Waals surface area contributed by atoms with E-state index in [9.17, 15) is 39.0 Å². The molecule has 1 saturated heterocycles. The number of ketones is 1. The van der Waals surface area contributed by atoms with Crippen LogP contribution in [-0.2, 0) is 52.5 Å². The van der Waals surface area contributed by atoms with E-state index in [1.165, 1.54) is 26.8 Å². The molecule has 0 aromatic heterocycles. The van der Waals surface area contributed by atoms with Crippen molar-refractivity contribution in [1.82, 2.24) is 0 Å². The number of aliphatic hydroxyl groups is 2. The Morgan fingerprint density at radius 1 is 0.957 bits per heavy atom. The van der Waals surface area contributed by atoms with Gasteiger partial charge in [0.2, 0.25) is 0 Å². The van der Waals surface area contributed by atoms with Gasteiger partial charge in [0, 0.05) is 31.8 Å². The van der Waals surface area contributed by atoms with Crippen molar-refractivity contribution in [2.75, 3.05) is 0 Å². The summed E-state index contributed by atoms with van der Waals surface area (Å²) < 4.78 is 29.0. The zero-order valence-electron chi connectivity index (χ0n) is 28.5. The molecule has 0 bridgehead atoms. The highest BCUT2D eigenvalue weighted by atomic mass is 16.6. The van der Waals surface area contributed by atoms with Gasteiger partial charge in [0.25, 0.3) is 0 Å². The average molecular weight is 665 g/mol. The largest absolute Gasteiger partial charge is 0.459 e. The van der Waals surface area contributed by atoms with Crippen LogP contribution in [0.25, 0.3) is 0 Å². The van der Waals surface area contributed by atoms with Crippen molar-refractivity contribution in [3.63, 3.8) is 0 Å². The minimum atomic E-state index is -2.62. The van der Waals surface area contributed by atoms with Gasteiger partial charge in [-0.1, -0.05) is 32.8 Å². The molecule has 0 aromatic carbocycles. The van der Waals surface area contributed by atoms with Crippen LogP contribution in [0.15, 0.2) is 22.8 Å². The number of fused-ring (bicyclic) bond motifs is 3. The van der Waals surface area contributed by atoms with Crippen molar-refractivity contribution < 1.29 is 62.7 Å². The van der Waals surface area contributed by atoms with E-state index in [0.29, 0.717) is 12.8 Å². The molecule has 2 fully saturated rings. The number of carbonyl (C=O) groups excluding carboxylic acids is 6. The van der Waals surface area contributed by atoms with Gasteiger partial charge < -0.3 is 33.9 Å². The van der Waals surface area contributed by atoms with Crippen LogP contribution in [0.2, 0.25) is 0 Å². The Labute approximate surface area is 275 Å². The summed E-state index contributed by atoms with van der Waals surface area (Å²) in [5, 5.41) is 23.8. The summed E-state index contributed by atoms with van der Waals surface area (Å²) in [6.45, 7) is 12.0. The van der Waals surface area contributed by atoms with Crippen molar-refractivity contribution in [3.05, 3.63) is 22.8 Å². The van der Waals surface area contributed by atoms with Crippen molar-refractivity contribution in [2.24, 2.45) is 5.92 Å². The van der Waals surface area contributed by atoms with Gasteiger partial charge in [0.15, 0.2) is 29.5 Å². The van der Waals surface area contributed by atoms with Crippen LogP contribution in [-0.4, -0.2) is 87.1 Å². The molecule has 2 N–H and O–H groups in total. The lowest BCUT2D eigenvalue weighted by Gasteiger charge is -2.41. The molecule has 1 heterocycles. The van der Waals surface area contributed by atoms with E-state index in [4.69, 9.17) is 23.7 Å². The molecule has 0 amide bonds. The quantitative estimate of drug-likeness (QED) is 0.0730. The molecule has 3 aliphatic rings. The summed E-state index contributed by atoms with van der Waals surface area (Å²) >= 11 is 0. The number of unbranched alkanes of at least 4 members (excludes halogenated alkanes) is 2. The molecule has 13 heteroatoms. The molecule has 0 spiro atoms. The minimum absolute atomic E-state index is 0.0550. The lowest BCUT2D eigenvalue weighted by Crippen LogP contribution is -2.64. The Hall–Kier alpha value is -3.58. The fourth-order valence-corrected chi connectivity index (χ4v) is 6.83. The van der Waals surface area contributed by atoms with Crippen LogP contribution < -0.4 is 0 Å². The molecule has 262 valence electrons. The van der Waals surface area contributed by atoms with Crippen LogP contribution in [0.1, 0.15) is 107 Å². The Morgan fingerprint density at radius 2 is 1.62 bits per heavy atom. The molecule has 3 rings (SSSR count). The van der Waals surface area contributed by atoms with E-state index in [-0.39, 0.29) is 35.3 Å². The fraction of sp³-hybridized carbons (Fsp3) is 0.706. The SMILES string of the molecule is C/C=C(/C)C(=O)O[C@H]1C(C)=C2[C@H]([C@@H]1OC(=O)CC(=O)CCCCC)[C@@](C)(OC(C)=O)C[C@H](OC(=O)CCC)[C@@]1(O)[C@H]2OC(=O)[C@@]1(C)O. The molecule has 1 saturated carbocycles. The lowest BCUT2D eigenvalue weighted by atomic mass is 9.75. The third-order valence-corrected chi connectivity index (χ3v) is 9.43. The second-order valence-corrected chi connectivity index (χ2v) is 13.1. The smallest absolute Gasteiger partial charge is 0.341 e. The normalized spacial score (nSPS) is 33.3. The van der Waals surface area contributed by atoms with Gasteiger partial charge >= 0.3 is 29.8 Å². The molecule has 8 atom stereocenters. The van der Waals surface area contributed by atoms with E-state index in [0.717, 1.165) is 26.7 Å². The first-order valence-corrected chi connectivity index (χ1v) is 16.2. The van der Waals surface area contributed by atoms with Gasteiger partial charge in [-0.15, -0.1) is 0 Å². The van der Waals surface area contributed by atoms with Crippen molar-refractivity contribution >= 4 is 35.6 Å². The maximum atomic E-state index is 13.3. The monoisotopic (exact) mass is 664 g/mol. The van der Waals surface area contributed by atoms with E-state index >= 15 is 0 Å². The van der Waals surface area contributed by atoms with Crippen LogP contribution in [0, 0.1) is 5.92 Å². The van der Waals surface area contributed by atoms with E-state index < -0.39 is 89.8 Å². The third kappa shape index (κ3) is 7.30. The standard InChI is InChI=1S/C34H48O13/c1-9-12-13-15-21(36)16-24(38)44-28-26-25(19(5)27(28)45-30(39)18(4)11-3)29-34(42,33(8,41)31(40)46-29)22(43-23(37)14-10-2)17-32(26,7)47-20(6)35/h11,22,26-29,41-42H,9-10,12-17H2,1-8H3/b18-11-/t22-,26+,27-,28-,29-,32-,33+,34+/m0/s1. The summed E-state index contributed by atoms with van der Waals surface area (Å²) in [7, 11) is 0. The summed E-state index contributed by atoms with van der Waals surface area (Å²) in [6.07, 6.45) is -2.94. The number of Topliss-reactive ketones (excluding diaryl/α,β-unsaturated/α-hetero) is 1. The average Bonchev–Trinajstić information content (AvgIpc) is 3.30. The Kier molecular flexibility index (Phi) is 11.8. The number of esters is 5. The highest BCUT2D eigenvalue weighted by Crippen LogP contribution is 2.57. The van der Waals surface area contributed by atoms with E-state index in [1.54, 1.807) is 13.8 Å². The van der Waals surface area contributed by atoms with E-state index in [2.05, 4.69) is 0 Å². The first-order chi connectivity index (χ1) is 21.9. The maximum absolute atomic E-state index is 13.3. The van der Waals surface area contributed by atoms with Crippen molar-refractivity contribution in [3.8, 4) is 0 Å².